The molecule has 0 spiro atoms. The predicted octanol–water partition coefficient (Wildman–Crippen LogP) is 5.58. The van der Waals surface area contributed by atoms with Gasteiger partial charge < -0.3 is 10.2 Å². The molecule has 3 nitrogen and oxygen atoms in total. The van der Waals surface area contributed by atoms with E-state index >= 15 is 0 Å². The number of halogens is 2. The van der Waals surface area contributed by atoms with Crippen LogP contribution in [0.25, 0.3) is 0 Å². The largest absolute Gasteiger partial charge is 0.323 e. The Morgan fingerprint density at radius 1 is 1.22 bits per heavy atom. The molecule has 0 unspecified atom stereocenters. The summed E-state index contributed by atoms with van der Waals surface area (Å²) in [5, 5.41) is 4.04. The summed E-state index contributed by atoms with van der Waals surface area (Å²) in [4.78, 5) is 14.4. The monoisotopic (exact) mass is 366 g/mol. The molecule has 0 bridgehead atoms. The Balaban J connectivity index is 1.78. The van der Waals surface area contributed by atoms with Crippen LogP contribution < -0.4 is 5.32 Å². The summed E-state index contributed by atoms with van der Waals surface area (Å²) in [7, 11) is 0. The molecule has 120 valence electrons. The predicted molar refractivity (Wildman–Crippen MR) is 98.6 cm³/mol. The first kappa shape index (κ1) is 16.5. The van der Waals surface area contributed by atoms with Gasteiger partial charge in [-0.1, -0.05) is 47.0 Å². The van der Waals surface area contributed by atoms with Gasteiger partial charge in [0.2, 0.25) is 0 Å². The molecular formula is C17H16Cl2N2OS. The highest BCUT2D eigenvalue weighted by Gasteiger charge is 2.32. The fraction of sp³-hybridized carbons (Fsp3) is 0.235. The molecule has 2 amide bonds. The Morgan fingerprint density at radius 2 is 1.96 bits per heavy atom. The van der Waals surface area contributed by atoms with Crippen LogP contribution in [-0.2, 0) is 0 Å². The highest BCUT2D eigenvalue weighted by atomic mass is 35.5. The third kappa shape index (κ3) is 3.77. The zero-order valence-electron chi connectivity index (χ0n) is 12.6. The third-order valence-electron chi connectivity index (χ3n) is 3.68. The van der Waals surface area contributed by atoms with Gasteiger partial charge in [-0.2, -0.15) is 0 Å². The molecule has 2 aromatic carbocycles. The van der Waals surface area contributed by atoms with E-state index in [1.165, 1.54) is 0 Å². The summed E-state index contributed by atoms with van der Waals surface area (Å²) >= 11 is 14.0. The van der Waals surface area contributed by atoms with Crippen LogP contribution in [0.4, 0.5) is 10.5 Å². The zero-order valence-corrected chi connectivity index (χ0v) is 14.9. The van der Waals surface area contributed by atoms with Gasteiger partial charge in [-0.15, -0.1) is 11.8 Å². The number of aryl methyl sites for hydroxylation is 1. The number of rotatable bonds is 2. The van der Waals surface area contributed by atoms with Gasteiger partial charge in [0.1, 0.15) is 5.37 Å². The minimum Gasteiger partial charge on any atom is -0.308 e. The number of urea groups is 1. The molecular weight excluding hydrogens is 351 g/mol. The lowest BCUT2D eigenvalue weighted by Gasteiger charge is -2.25. The van der Waals surface area contributed by atoms with Crippen LogP contribution in [0.3, 0.4) is 0 Å². The van der Waals surface area contributed by atoms with E-state index in [0.29, 0.717) is 16.6 Å². The summed E-state index contributed by atoms with van der Waals surface area (Å²) in [6, 6.07) is 13.0. The number of hydrogen-bond donors (Lipinski definition) is 1. The quantitative estimate of drug-likeness (QED) is 0.751. The highest BCUT2D eigenvalue weighted by molar-refractivity contribution is 7.99. The van der Waals surface area contributed by atoms with E-state index in [9.17, 15) is 4.79 Å². The topological polar surface area (TPSA) is 32.3 Å². The van der Waals surface area contributed by atoms with Crippen molar-refractivity contribution in [2.45, 2.75) is 12.3 Å². The first-order valence-electron chi connectivity index (χ1n) is 7.25. The molecule has 3 rings (SSSR count). The molecule has 0 aromatic heterocycles. The molecule has 1 aliphatic heterocycles. The minimum absolute atomic E-state index is 0.0924. The Labute approximate surface area is 150 Å². The van der Waals surface area contributed by atoms with Gasteiger partial charge in [-0.25, -0.2) is 4.79 Å². The summed E-state index contributed by atoms with van der Waals surface area (Å²) in [6.07, 6.45) is 0. The Morgan fingerprint density at radius 3 is 2.65 bits per heavy atom. The Hall–Kier alpha value is -1.36. The van der Waals surface area contributed by atoms with Crippen LogP contribution in [0, 0.1) is 6.92 Å². The van der Waals surface area contributed by atoms with E-state index in [-0.39, 0.29) is 11.4 Å². The van der Waals surface area contributed by atoms with Crippen LogP contribution in [0.5, 0.6) is 0 Å². The normalized spacial score (nSPS) is 17.3. The molecule has 0 aliphatic carbocycles. The first-order chi connectivity index (χ1) is 11.0. The van der Waals surface area contributed by atoms with E-state index < -0.39 is 0 Å². The molecule has 2 aromatic rings. The van der Waals surface area contributed by atoms with Gasteiger partial charge in [-0.3, -0.25) is 0 Å². The number of carbonyl (C=O) groups excluding carboxylic acids is 1. The van der Waals surface area contributed by atoms with E-state index in [1.54, 1.807) is 28.8 Å². The number of carbonyl (C=O) groups is 1. The van der Waals surface area contributed by atoms with Crippen molar-refractivity contribution in [1.82, 2.24) is 4.90 Å². The summed E-state index contributed by atoms with van der Waals surface area (Å²) in [5.74, 6) is 0.880. The molecule has 23 heavy (non-hydrogen) atoms. The van der Waals surface area contributed by atoms with Crippen LogP contribution >= 0.6 is 35.0 Å². The van der Waals surface area contributed by atoms with Crippen molar-refractivity contribution in [1.29, 1.82) is 0 Å². The van der Waals surface area contributed by atoms with Crippen molar-refractivity contribution in [3.63, 3.8) is 0 Å². The molecule has 1 heterocycles. The Kier molecular flexibility index (Phi) is 5.05. The average Bonchev–Trinajstić information content (AvgIpc) is 2.99. The van der Waals surface area contributed by atoms with Crippen molar-refractivity contribution in [3.05, 3.63) is 63.6 Å². The Bertz CT molecular complexity index is 721. The van der Waals surface area contributed by atoms with E-state index in [1.807, 2.05) is 37.3 Å². The number of amides is 2. The highest BCUT2D eigenvalue weighted by Crippen LogP contribution is 2.41. The SMILES string of the molecule is Cc1ccc(NC(=O)N2CCS[C@@H]2c2ccc(Cl)cc2Cl)cc1. The van der Waals surface area contributed by atoms with Gasteiger partial charge in [0.05, 0.1) is 0 Å². The second-order valence-electron chi connectivity index (χ2n) is 5.38. The van der Waals surface area contributed by atoms with Crippen LogP contribution in [0.2, 0.25) is 10.0 Å². The summed E-state index contributed by atoms with van der Waals surface area (Å²) in [6.45, 7) is 2.70. The molecule has 1 N–H and O–H groups in total. The molecule has 0 radical (unpaired) electrons. The van der Waals surface area contributed by atoms with Crippen LogP contribution in [0.1, 0.15) is 16.5 Å². The van der Waals surface area contributed by atoms with E-state index in [2.05, 4.69) is 5.32 Å². The van der Waals surface area contributed by atoms with Crippen molar-refractivity contribution < 1.29 is 4.79 Å². The van der Waals surface area contributed by atoms with Crippen LogP contribution in [-0.4, -0.2) is 23.2 Å². The van der Waals surface area contributed by atoms with Crippen LogP contribution in [0.15, 0.2) is 42.5 Å². The molecule has 1 saturated heterocycles. The lowest BCUT2D eigenvalue weighted by molar-refractivity contribution is 0.214. The number of hydrogen-bond acceptors (Lipinski definition) is 2. The number of nitrogens with zero attached hydrogens (tertiary/aromatic N) is 1. The molecule has 0 saturated carbocycles. The lowest BCUT2D eigenvalue weighted by atomic mass is 10.2. The fourth-order valence-electron chi connectivity index (χ4n) is 2.47. The summed E-state index contributed by atoms with van der Waals surface area (Å²) < 4.78 is 0. The number of benzene rings is 2. The van der Waals surface area contributed by atoms with Gasteiger partial charge in [-0.05, 0) is 31.2 Å². The van der Waals surface area contributed by atoms with Gasteiger partial charge in [0.25, 0.3) is 0 Å². The first-order valence-corrected chi connectivity index (χ1v) is 9.06. The van der Waals surface area contributed by atoms with E-state index in [0.717, 1.165) is 22.6 Å². The van der Waals surface area contributed by atoms with Crippen molar-refractivity contribution in [2.24, 2.45) is 0 Å². The number of thioether (sulfide) groups is 1. The van der Waals surface area contributed by atoms with Gasteiger partial charge in [0.15, 0.2) is 0 Å². The van der Waals surface area contributed by atoms with E-state index in [4.69, 9.17) is 23.2 Å². The standard InChI is InChI=1S/C17H16Cl2N2OS/c1-11-2-5-13(6-3-11)20-17(22)21-8-9-23-16(21)14-7-4-12(18)10-15(14)19/h2-7,10,16H,8-9H2,1H3,(H,20,22)/t16-/m1/s1. The van der Waals surface area contributed by atoms with Crippen molar-refractivity contribution >= 4 is 46.7 Å². The number of anilines is 1. The maximum Gasteiger partial charge on any atom is 0.323 e. The summed E-state index contributed by atoms with van der Waals surface area (Å²) in [5.41, 5.74) is 2.86. The number of nitrogens with one attached hydrogen (secondary N) is 1. The third-order valence-corrected chi connectivity index (χ3v) is 5.49. The van der Waals surface area contributed by atoms with Crippen molar-refractivity contribution in [3.8, 4) is 0 Å². The fourth-order valence-corrected chi connectivity index (χ4v) is 4.34. The van der Waals surface area contributed by atoms with Gasteiger partial charge >= 0.3 is 6.03 Å². The maximum atomic E-state index is 12.6. The second-order valence-corrected chi connectivity index (χ2v) is 7.41. The minimum atomic E-state index is -0.116. The second kappa shape index (κ2) is 7.04. The van der Waals surface area contributed by atoms with Gasteiger partial charge in [0, 0.05) is 33.6 Å². The molecule has 6 heteroatoms. The average molecular weight is 367 g/mol. The lowest BCUT2D eigenvalue weighted by Crippen LogP contribution is -2.34. The molecule has 1 fully saturated rings. The van der Waals surface area contributed by atoms with Crippen molar-refractivity contribution in [2.75, 3.05) is 17.6 Å². The molecule has 1 atom stereocenters. The maximum absolute atomic E-state index is 12.6. The molecule has 1 aliphatic rings. The smallest absolute Gasteiger partial charge is 0.308 e. The zero-order chi connectivity index (χ0) is 16.4.